The Bertz CT molecular complexity index is 325. The zero-order valence-corrected chi connectivity index (χ0v) is 8.89. The molecule has 70 valence electrons. The highest BCUT2D eigenvalue weighted by atomic mass is 32.1. The van der Waals surface area contributed by atoms with E-state index in [1.54, 1.807) is 23.5 Å². The molecule has 0 aliphatic carbocycles. The summed E-state index contributed by atoms with van der Waals surface area (Å²) in [6.45, 7) is 5.73. The summed E-state index contributed by atoms with van der Waals surface area (Å²) in [5.74, 6) is 0.210. The monoisotopic (exact) mass is 195 g/mol. The van der Waals surface area contributed by atoms with E-state index in [0.717, 1.165) is 10.7 Å². The van der Waals surface area contributed by atoms with E-state index >= 15 is 0 Å². The van der Waals surface area contributed by atoms with Crippen LogP contribution in [0.5, 0.6) is 0 Å². The van der Waals surface area contributed by atoms with Gasteiger partial charge in [0.2, 0.25) is 0 Å². The second kappa shape index (κ2) is 4.33. The summed E-state index contributed by atoms with van der Waals surface area (Å²) in [7, 11) is 0. The summed E-state index contributed by atoms with van der Waals surface area (Å²) in [6, 6.07) is 0. The van der Waals surface area contributed by atoms with Crippen LogP contribution in [0.15, 0.2) is 11.5 Å². The van der Waals surface area contributed by atoms with E-state index in [9.17, 15) is 4.79 Å². The fourth-order valence-corrected chi connectivity index (χ4v) is 1.40. The molecule has 0 atom stereocenters. The second-order valence-corrected chi connectivity index (χ2v) is 4.24. The van der Waals surface area contributed by atoms with Gasteiger partial charge in [0.05, 0.1) is 10.7 Å². The Kier molecular flexibility index (Phi) is 3.37. The maximum absolute atomic E-state index is 11.2. The lowest BCUT2D eigenvalue weighted by Gasteiger charge is -1.94. The summed E-state index contributed by atoms with van der Waals surface area (Å²) < 4.78 is 0. The topological polar surface area (TPSA) is 30.0 Å². The van der Waals surface area contributed by atoms with Crippen molar-refractivity contribution in [2.45, 2.75) is 20.8 Å². The third-order valence-corrected chi connectivity index (χ3v) is 2.42. The number of aromatic nitrogens is 1. The molecule has 0 N–H and O–H groups in total. The van der Waals surface area contributed by atoms with Crippen LogP contribution >= 0.6 is 11.3 Å². The van der Waals surface area contributed by atoms with Crippen LogP contribution < -0.4 is 0 Å². The molecule has 0 unspecified atom stereocenters. The molecule has 3 heteroatoms. The van der Waals surface area contributed by atoms with Crippen molar-refractivity contribution in [3.63, 3.8) is 0 Å². The molecule has 0 saturated carbocycles. The molecular formula is C10H13NOS. The number of thiazole rings is 1. The first-order chi connectivity index (χ1) is 6.09. The molecule has 1 rings (SSSR count). The summed E-state index contributed by atoms with van der Waals surface area (Å²) in [4.78, 5) is 15.4. The fourth-order valence-electron chi connectivity index (χ4n) is 0.817. The standard InChI is InChI=1S/C10H13NOS/c1-7(2)10(12)5-4-9-6-13-8(3)11-9/h4-7H,1-3H3. The zero-order chi connectivity index (χ0) is 9.84. The molecule has 0 aromatic carbocycles. The number of carbonyl (C=O) groups excluding carboxylic acids is 1. The number of aryl methyl sites for hydroxylation is 1. The van der Waals surface area contributed by atoms with Crippen molar-refractivity contribution in [3.8, 4) is 0 Å². The minimum Gasteiger partial charge on any atom is -0.295 e. The Labute approximate surface area is 82.3 Å². The lowest BCUT2D eigenvalue weighted by molar-refractivity contribution is -0.117. The average Bonchev–Trinajstić information content (AvgIpc) is 2.47. The second-order valence-electron chi connectivity index (χ2n) is 3.18. The van der Waals surface area contributed by atoms with E-state index in [1.807, 2.05) is 26.2 Å². The van der Waals surface area contributed by atoms with Crippen LogP contribution in [-0.4, -0.2) is 10.8 Å². The van der Waals surface area contributed by atoms with E-state index in [-0.39, 0.29) is 11.7 Å². The van der Waals surface area contributed by atoms with Crippen molar-refractivity contribution in [1.29, 1.82) is 0 Å². The zero-order valence-electron chi connectivity index (χ0n) is 8.07. The Balaban J connectivity index is 2.64. The maximum atomic E-state index is 11.2. The number of ketones is 1. The van der Waals surface area contributed by atoms with E-state index in [4.69, 9.17) is 0 Å². The molecule has 2 nitrogen and oxygen atoms in total. The number of hydrogen-bond donors (Lipinski definition) is 0. The van der Waals surface area contributed by atoms with Gasteiger partial charge < -0.3 is 0 Å². The Hall–Kier alpha value is -0.960. The third kappa shape index (κ3) is 3.11. The molecule has 0 bridgehead atoms. The van der Waals surface area contributed by atoms with Crippen LogP contribution in [-0.2, 0) is 4.79 Å². The molecule has 0 spiro atoms. The minimum absolute atomic E-state index is 0.0657. The maximum Gasteiger partial charge on any atom is 0.158 e. The molecule has 0 saturated heterocycles. The van der Waals surface area contributed by atoms with Gasteiger partial charge in [-0.05, 0) is 19.1 Å². The lowest BCUT2D eigenvalue weighted by Crippen LogP contribution is -2.01. The van der Waals surface area contributed by atoms with E-state index < -0.39 is 0 Å². The van der Waals surface area contributed by atoms with Crippen molar-refractivity contribution < 1.29 is 4.79 Å². The number of rotatable bonds is 3. The van der Waals surface area contributed by atoms with Crippen LogP contribution in [0.25, 0.3) is 6.08 Å². The van der Waals surface area contributed by atoms with Crippen LogP contribution in [0.3, 0.4) is 0 Å². The number of carbonyl (C=O) groups is 1. The molecule has 0 radical (unpaired) electrons. The van der Waals surface area contributed by atoms with Gasteiger partial charge in [-0.25, -0.2) is 4.98 Å². The summed E-state index contributed by atoms with van der Waals surface area (Å²) in [5, 5.41) is 2.97. The first-order valence-electron chi connectivity index (χ1n) is 4.23. The van der Waals surface area contributed by atoms with Gasteiger partial charge in [-0.3, -0.25) is 4.79 Å². The van der Waals surface area contributed by atoms with Crippen LogP contribution in [0.4, 0.5) is 0 Å². The molecular weight excluding hydrogens is 182 g/mol. The smallest absolute Gasteiger partial charge is 0.158 e. The highest BCUT2D eigenvalue weighted by Gasteiger charge is 2.01. The summed E-state index contributed by atoms with van der Waals surface area (Å²) >= 11 is 1.59. The Morgan fingerprint density at radius 3 is 2.77 bits per heavy atom. The van der Waals surface area contributed by atoms with Gasteiger partial charge in [0.15, 0.2) is 5.78 Å². The van der Waals surface area contributed by atoms with Gasteiger partial charge in [0, 0.05) is 11.3 Å². The molecule has 13 heavy (non-hydrogen) atoms. The number of hydrogen-bond acceptors (Lipinski definition) is 3. The lowest BCUT2D eigenvalue weighted by atomic mass is 10.1. The van der Waals surface area contributed by atoms with Crippen LogP contribution in [0.1, 0.15) is 24.5 Å². The van der Waals surface area contributed by atoms with Crippen molar-refractivity contribution in [3.05, 3.63) is 22.2 Å². The first-order valence-corrected chi connectivity index (χ1v) is 5.11. The minimum atomic E-state index is 0.0657. The Morgan fingerprint density at radius 2 is 2.31 bits per heavy atom. The Morgan fingerprint density at radius 1 is 1.62 bits per heavy atom. The van der Waals surface area contributed by atoms with Crippen LogP contribution in [0.2, 0.25) is 0 Å². The normalized spacial score (nSPS) is 11.4. The highest BCUT2D eigenvalue weighted by molar-refractivity contribution is 7.09. The van der Waals surface area contributed by atoms with Crippen molar-refractivity contribution in [1.82, 2.24) is 4.98 Å². The molecule has 0 fully saturated rings. The fraction of sp³-hybridized carbons (Fsp3) is 0.400. The highest BCUT2D eigenvalue weighted by Crippen LogP contribution is 2.09. The predicted octanol–water partition coefficient (Wildman–Crippen LogP) is 2.69. The molecule has 1 aromatic heterocycles. The third-order valence-electron chi connectivity index (χ3n) is 1.62. The van der Waals surface area contributed by atoms with Crippen LogP contribution in [0, 0.1) is 12.8 Å². The molecule has 0 aliphatic rings. The van der Waals surface area contributed by atoms with Gasteiger partial charge in [-0.15, -0.1) is 11.3 Å². The molecule has 0 amide bonds. The van der Waals surface area contributed by atoms with Gasteiger partial charge in [-0.2, -0.15) is 0 Å². The average molecular weight is 195 g/mol. The molecule has 1 heterocycles. The van der Waals surface area contributed by atoms with E-state index in [1.165, 1.54) is 0 Å². The quantitative estimate of drug-likeness (QED) is 0.694. The van der Waals surface area contributed by atoms with Gasteiger partial charge >= 0.3 is 0 Å². The summed E-state index contributed by atoms with van der Waals surface area (Å²) in [6.07, 6.45) is 3.37. The van der Waals surface area contributed by atoms with Crippen molar-refractivity contribution >= 4 is 23.2 Å². The van der Waals surface area contributed by atoms with Gasteiger partial charge in [0.25, 0.3) is 0 Å². The van der Waals surface area contributed by atoms with E-state index in [0.29, 0.717) is 0 Å². The molecule has 0 aliphatic heterocycles. The predicted molar refractivity (Wildman–Crippen MR) is 55.7 cm³/mol. The number of nitrogens with zero attached hydrogens (tertiary/aromatic N) is 1. The van der Waals surface area contributed by atoms with Gasteiger partial charge in [-0.1, -0.05) is 13.8 Å². The summed E-state index contributed by atoms with van der Waals surface area (Å²) in [5.41, 5.74) is 0.872. The SMILES string of the molecule is Cc1nc(C=CC(=O)C(C)C)cs1. The van der Waals surface area contributed by atoms with E-state index in [2.05, 4.69) is 4.98 Å². The largest absolute Gasteiger partial charge is 0.295 e. The molecule has 1 aromatic rings. The van der Waals surface area contributed by atoms with Gasteiger partial charge in [0.1, 0.15) is 0 Å². The number of allylic oxidation sites excluding steroid dienone is 1. The first kappa shape index (κ1) is 10.1. The van der Waals surface area contributed by atoms with Crippen molar-refractivity contribution in [2.24, 2.45) is 5.92 Å². The van der Waals surface area contributed by atoms with Crippen molar-refractivity contribution in [2.75, 3.05) is 0 Å².